The van der Waals surface area contributed by atoms with Crippen LogP contribution in [0.15, 0.2) is 23.1 Å². The number of rotatable bonds is 6. The molecule has 0 radical (unpaired) electrons. The van der Waals surface area contributed by atoms with Crippen LogP contribution in [0.4, 0.5) is 0 Å². The highest BCUT2D eigenvalue weighted by Crippen LogP contribution is 2.22. The number of halogens is 1. The SMILES string of the molecule is N#Cc1c(Cl)cccc1S(=O)(=O)NCCCC(=O)O. The maximum atomic E-state index is 11.9. The molecular weight excluding hydrogens is 292 g/mol. The first-order valence-electron chi connectivity index (χ1n) is 5.28. The first-order valence-corrected chi connectivity index (χ1v) is 7.14. The first kappa shape index (κ1) is 15.4. The molecule has 19 heavy (non-hydrogen) atoms. The highest BCUT2D eigenvalue weighted by Gasteiger charge is 2.19. The van der Waals surface area contributed by atoms with Crippen LogP contribution in [0.3, 0.4) is 0 Å². The van der Waals surface area contributed by atoms with Crippen LogP contribution in [0.1, 0.15) is 18.4 Å². The van der Waals surface area contributed by atoms with Gasteiger partial charge in [0.15, 0.2) is 0 Å². The second-order valence-electron chi connectivity index (χ2n) is 3.62. The Balaban J connectivity index is 2.87. The van der Waals surface area contributed by atoms with Crippen LogP contribution in [-0.2, 0) is 14.8 Å². The molecule has 0 aliphatic heterocycles. The summed E-state index contributed by atoms with van der Waals surface area (Å²) < 4.78 is 26.1. The largest absolute Gasteiger partial charge is 0.481 e. The zero-order valence-electron chi connectivity index (χ0n) is 9.76. The Morgan fingerprint density at radius 1 is 1.47 bits per heavy atom. The number of carbonyl (C=O) groups is 1. The van der Waals surface area contributed by atoms with E-state index in [1.807, 2.05) is 0 Å². The predicted octanol–water partition coefficient (Wildman–Crippen LogP) is 1.35. The van der Waals surface area contributed by atoms with Gasteiger partial charge in [-0.1, -0.05) is 17.7 Å². The molecular formula is C11H11ClN2O4S. The number of carboxylic acid groups (broad SMARTS) is 1. The van der Waals surface area contributed by atoms with Crippen molar-refractivity contribution < 1.29 is 18.3 Å². The Morgan fingerprint density at radius 3 is 2.74 bits per heavy atom. The summed E-state index contributed by atoms with van der Waals surface area (Å²) in [6.45, 7) is -0.0218. The van der Waals surface area contributed by atoms with E-state index in [0.29, 0.717) is 0 Å². The number of nitrogens with zero attached hydrogens (tertiary/aromatic N) is 1. The molecule has 0 amide bonds. The predicted molar refractivity (Wildman–Crippen MR) is 68.2 cm³/mol. The van der Waals surface area contributed by atoms with Crippen molar-refractivity contribution in [1.29, 1.82) is 5.26 Å². The van der Waals surface area contributed by atoms with Gasteiger partial charge in [-0.3, -0.25) is 4.79 Å². The molecule has 1 rings (SSSR count). The molecule has 6 nitrogen and oxygen atoms in total. The maximum Gasteiger partial charge on any atom is 0.303 e. The van der Waals surface area contributed by atoms with Crippen molar-refractivity contribution in [3.63, 3.8) is 0 Å². The van der Waals surface area contributed by atoms with Crippen molar-refractivity contribution in [1.82, 2.24) is 4.72 Å². The molecule has 102 valence electrons. The van der Waals surface area contributed by atoms with Gasteiger partial charge in [-0.25, -0.2) is 13.1 Å². The average Bonchev–Trinajstić information content (AvgIpc) is 2.34. The second kappa shape index (κ2) is 6.52. The lowest BCUT2D eigenvalue weighted by atomic mass is 10.2. The molecule has 0 fully saturated rings. The lowest BCUT2D eigenvalue weighted by Crippen LogP contribution is -2.26. The fraction of sp³-hybridized carbons (Fsp3) is 0.273. The zero-order valence-corrected chi connectivity index (χ0v) is 11.3. The Bertz CT molecular complexity index is 622. The first-order chi connectivity index (χ1) is 8.88. The summed E-state index contributed by atoms with van der Waals surface area (Å²) in [5.41, 5.74) is -0.130. The summed E-state index contributed by atoms with van der Waals surface area (Å²) in [7, 11) is -3.87. The van der Waals surface area contributed by atoms with E-state index in [-0.39, 0.29) is 34.9 Å². The summed E-state index contributed by atoms with van der Waals surface area (Å²) in [4.78, 5) is 10.1. The van der Waals surface area contributed by atoms with E-state index >= 15 is 0 Å². The number of carboxylic acids is 1. The molecule has 8 heteroatoms. The van der Waals surface area contributed by atoms with Crippen LogP contribution in [0.5, 0.6) is 0 Å². The van der Waals surface area contributed by atoms with Crippen LogP contribution in [0.2, 0.25) is 5.02 Å². The zero-order chi connectivity index (χ0) is 14.5. The minimum Gasteiger partial charge on any atom is -0.481 e. The Labute approximate surface area is 115 Å². The Hall–Kier alpha value is -1.62. The fourth-order valence-corrected chi connectivity index (χ4v) is 2.88. The summed E-state index contributed by atoms with van der Waals surface area (Å²) in [6, 6.07) is 5.85. The number of nitriles is 1. The van der Waals surface area contributed by atoms with Gasteiger partial charge >= 0.3 is 5.97 Å². The molecule has 0 aromatic heterocycles. The smallest absolute Gasteiger partial charge is 0.303 e. The van der Waals surface area contributed by atoms with Crippen molar-refractivity contribution >= 4 is 27.6 Å². The third kappa shape index (κ3) is 4.21. The molecule has 1 aromatic carbocycles. The van der Waals surface area contributed by atoms with Crippen LogP contribution in [0, 0.1) is 11.3 Å². The highest BCUT2D eigenvalue weighted by atomic mass is 35.5. The number of nitrogens with one attached hydrogen (secondary N) is 1. The number of aliphatic carboxylic acids is 1. The number of benzene rings is 1. The summed E-state index contributed by atoms with van der Waals surface area (Å²) >= 11 is 5.75. The van der Waals surface area contributed by atoms with Crippen molar-refractivity contribution in [2.45, 2.75) is 17.7 Å². The van der Waals surface area contributed by atoms with Crippen LogP contribution in [0.25, 0.3) is 0 Å². The molecule has 0 saturated heterocycles. The quantitative estimate of drug-likeness (QED) is 0.771. The Morgan fingerprint density at radius 2 is 2.16 bits per heavy atom. The van der Waals surface area contributed by atoms with Gasteiger partial charge in [-0.2, -0.15) is 5.26 Å². The molecule has 0 atom stereocenters. The average molecular weight is 303 g/mol. The van der Waals surface area contributed by atoms with E-state index in [1.54, 1.807) is 6.07 Å². The molecule has 0 aliphatic rings. The molecule has 0 bridgehead atoms. The number of hydrogen-bond donors (Lipinski definition) is 2. The number of hydrogen-bond acceptors (Lipinski definition) is 4. The standard InChI is InChI=1S/C11H11ClN2O4S/c12-9-3-1-4-10(8(9)7-13)19(17,18)14-6-2-5-11(15)16/h1,3-4,14H,2,5-6H2,(H,15,16). The van der Waals surface area contributed by atoms with E-state index < -0.39 is 16.0 Å². The molecule has 0 aliphatic carbocycles. The van der Waals surface area contributed by atoms with Gasteiger partial charge in [0.25, 0.3) is 0 Å². The van der Waals surface area contributed by atoms with E-state index in [2.05, 4.69) is 4.72 Å². The maximum absolute atomic E-state index is 11.9. The summed E-state index contributed by atoms with van der Waals surface area (Å²) in [5, 5.41) is 17.4. The van der Waals surface area contributed by atoms with Gasteiger partial charge in [0.05, 0.1) is 10.6 Å². The van der Waals surface area contributed by atoms with Crippen LogP contribution >= 0.6 is 11.6 Å². The minimum absolute atomic E-state index is 0.0218. The summed E-state index contributed by atoms with van der Waals surface area (Å²) in [5.74, 6) is -1.00. The van der Waals surface area contributed by atoms with Gasteiger partial charge in [-0.15, -0.1) is 0 Å². The van der Waals surface area contributed by atoms with Gasteiger partial charge in [0.1, 0.15) is 11.0 Å². The minimum atomic E-state index is -3.87. The third-order valence-electron chi connectivity index (χ3n) is 2.24. The molecule has 0 saturated carbocycles. The lowest BCUT2D eigenvalue weighted by Gasteiger charge is -2.08. The third-order valence-corrected chi connectivity index (χ3v) is 4.05. The monoisotopic (exact) mass is 302 g/mol. The van der Waals surface area contributed by atoms with Crippen molar-refractivity contribution in [2.24, 2.45) is 0 Å². The fourth-order valence-electron chi connectivity index (χ4n) is 1.36. The van der Waals surface area contributed by atoms with Crippen molar-refractivity contribution in [3.05, 3.63) is 28.8 Å². The highest BCUT2D eigenvalue weighted by molar-refractivity contribution is 7.89. The van der Waals surface area contributed by atoms with Crippen molar-refractivity contribution in [3.8, 4) is 6.07 Å². The van der Waals surface area contributed by atoms with Crippen LogP contribution in [-0.4, -0.2) is 26.0 Å². The van der Waals surface area contributed by atoms with Crippen LogP contribution < -0.4 is 4.72 Å². The van der Waals surface area contributed by atoms with E-state index in [1.165, 1.54) is 18.2 Å². The molecule has 2 N–H and O–H groups in total. The topological polar surface area (TPSA) is 107 Å². The van der Waals surface area contributed by atoms with Gasteiger partial charge in [-0.05, 0) is 18.6 Å². The second-order valence-corrected chi connectivity index (χ2v) is 5.76. The van der Waals surface area contributed by atoms with Gasteiger partial charge < -0.3 is 5.11 Å². The van der Waals surface area contributed by atoms with Gasteiger partial charge in [0.2, 0.25) is 10.0 Å². The van der Waals surface area contributed by atoms with E-state index in [4.69, 9.17) is 22.0 Å². The number of sulfonamides is 1. The summed E-state index contributed by atoms with van der Waals surface area (Å²) in [6.07, 6.45) is 0.0280. The lowest BCUT2D eigenvalue weighted by molar-refractivity contribution is -0.137. The normalized spacial score (nSPS) is 10.9. The van der Waals surface area contributed by atoms with Crippen molar-refractivity contribution in [2.75, 3.05) is 6.54 Å². The molecule has 1 aromatic rings. The molecule has 0 spiro atoms. The van der Waals surface area contributed by atoms with Gasteiger partial charge in [0, 0.05) is 13.0 Å². The molecule has 0 heterocycles. The molecule has 0 unspecified atom stereocenters. The van der Waals surface area contributed by atoms with E-state index in [0.717, 1.165) is 0 Å². The Kier molecular flexibility index (Phi) is 5.30. The van der Waals surface area contributed by atoms with E-state index in [9.17, 15) is 13.2 Å².